The minimum atomic E-state index is -4.54. The second kappa shape index (κ2) is 9.43. The molecule has 186 valence electrons. The molecular formula is C26H26Cl2F3N3O. The van der Waals surface area contributed by atoms with Crippen LogP contribution in [0.3, 0.4) is 0 Å². The monoisotopic (exact) mass is 523 g/mol. The Kier molecular flexibility index (Phi) is 6.86. The molecule has 1 atom stereocenters. The Labute approximate surface area is 212 Å². The van der Waals surface area contributed by atoms with Gasteiger partial charge in [0.15, 0.2) is 5.56 Å². The number of fused-ring (bicyclic) bond motifs is 1. The lowest BCUT2D eigenvalue weighted by atomic mass is 9.98. The van der Waals surface area contributed by atoms with E-state index < -0.39 is 17.4 Å². The van der Waals surface area contributed by atoms with Gasteiger partial charge in [0.1, 0.15) is 11.4 Å². The first-order valence-electron chi connectivity index (χ1n) is 11.2. The SMILES string of the molecule is Cc1cc(OC(Cl)CCc2c(C(F)(F)F)[nH]c3c(-c4c(C)nn(C)c4C)cccc23)cc(C)c1Cl. The van der Waals surface area contributed by atoms with Gasteiger partial charge in [-0.2, -0.15) is 18.3 Å². The minimum absolute atomic E-state index is 0.0863. The fraction of sp³-hybridized carbons (Fsp3) is 0.346. The van der Waals surface area contributed by atoms with E-state index in [1.54, 1.807) is 28.9 Å². The number of alkyl halides is 4. The van der Waals surface area contributed by atoms with E-state index in [4.69, 9.17) is 27.9 Å². The highest BCUT2D eigenvalue weighted by Crippen LogP contribution is 2.41. The molecule has 0 aliphatic rings. The molecule has 0 saturated carbocycles. The number of hydrogen-bond donors (Lipinski definition) is 1. The van der Waals surface area contributed by atoms with Gasteiger partial charge in [-0.1, -0.05) is 41.4 Å². The topological polar surface area (TPSA) is 42.8 Å². The van der Waals surface area contributed by atoms with E-state index in [0.29, 0.717) is 27.2 Å². The molecule has 2 heterocycles. The zero-order chi connectivity index (χ0) is 25.7. The molecule has 35 heavy (non-hydrogen) atoms. The highest BCUT2D eigenvalue weighted by atomic mass is 35.5. The van der Waals surface area contributed by atoms with E-state index in [-0.39, 0.29) is 18.4 Å². The summed E-state index contributed by atoms with van der Waals surface area (Å²) in [7, 11) is 1.82. The first kappa shape index (κ1) is 25.5. The number of benzene rings is 2. The summed E-state index contributed by atoms with van der Waals surface area (Å²) in [5.74, 6) is 0.532. The summed E-state index contributed by atoms with van der Waals surface area (Å²) in [6.07, 6.45) is -4.27. The first-order valence-corrected chi connectivity index (χ1v) is 12.0. The van der Waals surface area contributed by atoms with Gasteiger partial charge in [-0.05, 0) is 62.9 Å². The van der Waals surface area contributed by atoms with E-state index in [0.717, 1.165) is 28.1 Å². The van der Waals surface area contributed by atoms with Gasteiger partial charge in [-0.25, -0.2) is 0 Å². The van der Waals surface area contributed by atoms with Crippen molar-refractivity contribution in [2.45, 2.75) is 52.3 Å². The number of aromatic amines is 1. The van der Waals surface area contributed by atoms with Crippen LogP contribution in [-0.2, 0) is 19.6 Å². The summed E-state index contributed by atoms with van der Waals surface area (Å²) in [4.78, 5) is 2.67. The molecule has 0 radical (unpaired) electrons. The molecule has 1 N–H and O–H groups in total. The third-order valence-electron chi connectivity index (χ3n) is 6.30. The van der Waals surface area contributed by atoms with Crippen molar-refractivity contribution >= 4 is 34.1 Å². The van der Waals surface area contributed by atoms with E-state index in [1.807, 2.05) is 40.8 Å². The predicted octanol–water partition coefficient (Wildman–Crippen LogP) is 8.05. The first-order chi connectivity index (χ1) is 16.4. The van der Waals surface area contributed by atoms with Crippen LogP contribution in [0.15, 0.2) is 30.3 Å². The van der Waals surface area contributed by atoms with Crippen molar-refractivity contribution in [1.29, 1.82) is 0 Å². The Bertz CT molecular complexity index is 1380. The summed E-state index contributed by atoms with van der Waals surface area (Å²) >= 11 is 12.6. The number of ether oxygens (including phenoxy) is 1. The second-order valence-corrected chi connectivity index (χ2v) is 9.68. The van der Waals surface area contributed by atoms with Crippen LogP contribution in [0.25, 0.3) is 22.0 Å². The number of aryl methyl sites for hydroxylation is 5. The zero-order valence-corrected chi connectivity index (χ0v) is 21.6. The van der Waals surface area contributed by atoms with Crippen molar-refractivity contribution in [2.24, 2.45) is 7.05 Å². The Morgan fingerprint density at radius 1 is 1.11 bits per heavy atom. The fourth-order valence-corrected chi connectivity index (χ4v) is 4.91. The maximum atomic E-state index is 14.1. The van der Waals surface area contributed by atoms with Gasteiger partial charge in [0, 0.05) is 40.7 Å². The molecule has 0 spiro atoms. The number of hydrogen-bond acceptors (Lipinski definition) is 2. The lowest BCUT2D eigenvalue weighted by Gasteiger charge is -2.15. The molecule has 2 aromatic carbocycles. The second-order valence-electron chi connectivity index (χ2n) is 8.81. The van der Waals surface area contributed by atoms with Gasteiger partial charge in [0.05, 0.1) is 11.2 Å². The van der Waals surface area contributed by atoms with E-state index in [9.17, 15) is 13.2 Å². The lowest BCUT2D eigenvalue weighted by Crippen LogP contribution is -2.13. The summed E-state index contributed by atoms with van der Waals surface area (Å²) in [6, 6.07) is 8.83. The summed E-state index contributed by atoms with van der Waals surface area (Å²) in [6.45, 7) is 7.47. The maximum Gasteiger partial charge on any atom is 0.431 e. The average molecular weight is 524 g/mol. The van der Waals surface area contributed by atoms with Crippen LogP contribution < -0.4 is 4.74 Å². The molecule has 0 saturated heterocycles. The van der Waals surface area contributed by atoms with Crippen molar-refractivity contribution in [3.05, 3.63) is 69.1 Å². The van der Waals surface area contributed by atoms with Gasteiger partial charge >= 0.3 is 6.18 Å². The average Bonchev–Trinajstić information content (AvgIpc) is 3.27. The molecule has 0 aliphatic carbocycles. The normalized spacial score (nSPS) is 13.0. The number of H-pyrrole nitrogens is 1. The molecule has 4 aromatic rings. The van der Waals surface area contributed by atoms with Crippen molar-refractivity contribution < 1.29 is 17.9 Å². The molecule has 9 heteroatoms. The predicted molar refractivity (Wildman–Crippen MR) is 134 cm³/mol. The molecule has 0 aliphatic heterocycles. The highest BCUT2D eigenvalue weighted by molar-refractivity contribution is 6.32. The molecule has 0 bridgehead atoms. The smallest absolute Gasteiger partial charge is 0.431 e. The van der Waals surface area contributed by atoms with Crippen LogP contribution in [0.2, 0.25) is 5.02 Å². The van der Waals surface area contributed by atoms with Crippen molar-refractivity contribution in [3.8, 4) is 16.9 Å². The maximum absolute atomic E-state index is 14.1. The van der Waals surface area contributed by atoms with Crippen LogP contribution in [0.4, 0.5) is 13.2 Å². The van der Waals surface area contributed by atoms with E-state index in [1.165, 1.54) is 0 Å². The van der Waals surface area contributed by atoms with Gasteiger partial charge in [0.25, 0.3) is 0 Å². The van der Waals surface area contributed by atoms with Crippen molar-refractivity contribution in [2.75, 3.05) is 0 Å². The van der Waals surface area contributed by atoms with Crippen LogP contribution in [-0.4, -0.2) is 20.3 Å². The summed E-state index contributed by atoms with van der Waals surface area (Å²) < 4.78 is 49.7. The molecular weight excluding hydrogens is 498 g/mol. The molecule has 2 aromatic heterocycles. The Balaban J connectivity index is 1.69. The standard InChI is InChI=1S/C26H26Cl2F3N3O/c1-13-11-17(12-14(2)23(13)28)35-21(27)10-9-19-18-7-6-8-20(22-15(3)33-34(5)16(22)4)24(18)32-25(19)26(29,30)31/h6-8,11-12,21,32H,9-10H2,1-5H3. The third-order valence-corrected chi connectivity index (χ3v) is 7.20. The number of para-hydroxylation sites is 1. The van der Waals surface area contributed by atoms with Gasteiger partial charge in [0.2, 0.25) is 0 Å². The van der Waals surface area contributed by atoms with Crippen LogP contribution >= 0.6 is 23.2 Å². The number of halogens is 5. The quantitative estimate of drug-likeness (QED) is 0.260. The number of nitrogens with zero attached hydrogens (tertiary/aromatic N) is 2. The fourth-order valence-electron chi connectivity index (χ4n) is 4.59. The van der Waals surface area contributed by atoms with E-state index >= 15 is 0 Å². The largest absolute Gasteiger partial charge is 0.475 e. The Morgan fingerprint density at radius 2 is 1.77 bits per heavy atom. The number of rotatable bonds is 6. The summed E-state index contributed by atoms with van der Waals surface area (Å²) in [5, 5.41) is 5.59. The van der Waals surface area contributed by atoms with Crippen LogP contribution in [0.1, 0.15) is 40.2 Å². The van der Waals surface area contributed by atoms with Gasteiger partial charge < -0.3 is 9.72 Å². The van der Waals surface area contributed by atoms with Crippen molar-refractivity contribution in [1.82, 2.24) is 14.8 Å². The molecule has 4 nitrogen and oxygen atoms in total. The highest BCUT2D eigenvalue weighted by Gasteiger charge is 2.37. The number of aromatic nitrogens is 3. The Hall–Kier alpha value is -2.64. The van der Waals surface area contributed by atoms with Gasteiger partial charge in [-0.3, -0.25) is 4.68 Å². The molecule has 4 rings (SSSR count). The third kappa shape index (κ3) is 4.89. The van der Waals surface area contributed by atoms with Crippen LogP contribution in [0.5, 0.6) is 5.75 Å². The summed E-state index contributed by atoms with van der Waals surface area (Å²) in [5.41, 5.74) is 3.86. The lowest BCUT2D eigenvalue weighted by molar-refractivity contribution is -0.141. The molecule has 0 amide bonds. The zero-order valence-electron chi connectivity index (χ0n) is 20.1. The molecule has 1 unspecified atom stereocenters. The Morgan fingerprint density at radius 3 is 2.34 bits per heavy atom. The van der Waals surface area contributed by atoms with Gasteiger partial charge in [-0.15, -0.1) is 0 Å². The van der Waals surface area contributed by atoms with Crippen molar-refractivity contribution in [3.63, 3.8) is 0 Å². The van der Waals surface area contributed by atoms with Crippen LogP contribution in [0, 0.1) is 27.7 Å². The number of nitrogens with one attached hydrogen (secondary N) is 1. The molecule has 0 fully saturated rings. The minimum Gasteiger partial charge on any atom is -0.475 e. The van der Waals surface area contributed by atoms with E-state index in [2.05, 4.69) is 10.1 Å².